The van der Waals surface area contributed by atoms with Crippen LogP contribution in [-0.4, -0.2) is 16.9 Å². The van der Waals surface area contributed by atoms with Crippen LogP contribution in [0.25, 0.3) is 0 Å². The Kier molecular flexibility index (Phi) is 2.54. The van der Waals surface area contributed by atoms with Gasteiger partial charge in [-0.3, -0.25) is 9.59 Å². The van der Waals surface area contributed by atoms with E-state index in [1.54, 1.807) is 19.1 Å². The Morgan fingerprint density at radius 1 is 1.38 bits per heavy atom. The Hall–Kier alpha value is -1.64. The average molecular weight is 218 g/mol. The number of hydrogen-bond acceptors (Lipinski definition) is 2. The maximum Gasteiger partial charge on any atom is 0.314 e. The van der Waals surface area contributed by atoms with Crippen LogP contribution in [0.3, 0.4) is 0 Å². The molecule has 1 aliphatic rings. The van der Waals surface area contributed by atoms with E-state index in [1.165, 1.54) is 0 Å². The van der Waals surface area contributed by atoms with Crippen molar-refractivity contribution in [2.45, 2.75) is 25.2 Å². The van der Waals surface area contributed by atoms with Crippen LogP contribution in [0.1, 0.15) is 25.3 Å². The van der Waals surface area contributed by atoms with Crippen LogP contribution >= 0.6 is 0 Å². The number of benzene rings is 1. The van der Waals surface area contributed by atoms with Gasteiger partial charge < -0.3 is 5.11 Å². The molecule has 16 heavy (non-hydrogen) atoms. The van der Waals surface area contributed by atoms with Gasteiger partial charge in [-0.2, -0.15) is 0 Å². The predicted molar refractivity (Wildman–Crippen MR) is 59.2 cm³/mol. The highest BCUT2D eigenvalue weighted by Gasteiger charge is 2.52. The Balaban J connectivity index is 2.54. The fourth-order valence-corrected chi connectivity index (χ4v) is 2.57. The highest BCUT2D eigenvalue weighted by molar-refractivity contribution is 5.95. The zero-order valence-corrected chi connectivity index (χ0v) is 9.14. The molecule has 84 valence electrons. The minimum Gasteiger partial charge on any atom is -0.481 e. The molecular formula is C13H14O3. The number of carbonyl (C=O) groups is 2. The van der Waals surface area contributed by atoms with Crippen LogP contribution in [0, 0.1) is 5.92 Å². The zero-order valence-electron chi connectivity index (χ0n) is 9.14. The number of carboxylic acid groups (broad SMARTS) is 1. The lowest BCUT2D eigenvalue weighted by molar-refractivity contribution is -0.146. The molecule has 1 aromatic carbocycles. The van der Waals surface area contributed by atoms with Crippen molar-refractivity contribution in [2.75, 3.05) is 0 Å². The summed E-state index contributed by atoms with van der Waals surface area (Å²) in [7, 11) is 0. The summed E-state index contributed by atoms with van der Waals surface area (Å²) < 4.78 is 0. The second-order valence-corrected chi connectivity index (χ2v) is 4.33. The molecule has 1 aliphatic carbocycles. The zero-order chi connectivity index (χ0) is 11.8. The van der Waals surface area contributed by atoms with Crippen molar-refractivity contribution in [3.8, 4) is 0 Å². The van der Waals surface area contributed by atoms with Crippen molar-refractivity contribution in [3.63, 3.8) is 0 Å². The molecule has 0 radical (unpaired) electrons. The summed E-state index contributed by atoms with van der Waals surface area (Å²) >= 11 is 0. The Morgan fingerprint density at radius 2 is 2.00 bits per heavy atom. The number of rotatable bonds is 2. The summed E-state index contributed by atoms with van der Waals surface area (Å²) in [5.41, 5.74) is -0.279. The van der Waals surface area contributed by atoms with Crippen molar-refractivity contribution < 1.29 is 14.7 Å². The maximum absolute atomic E-state index is 11.6. The molecule has 0 aromatic heterocycles. The van der Waals surface area contributed by atoms with E-state index >= 15 is 0 Å². The van der Waals surface area contributed by atoms with Gasteiger partial charge in [0.1, 0.15) is 11.2 Å². The number of carboxylic acids is 1. The standard InChI is InChI=1S/C13H14O3/c1-9-11(14)7-8-13(9,12(15)16)10-5-3-2-4-6-10/h2-6,9H,7-8H2,1H3,(H,15,16)/t9-,13+/m0/s1. The molecule has 0 heterocycles. The quantitative estimate of drug-likeness (QED) is 0.826. The first-order chi connectivity index (χ1) is 7.59. The fraction of sp³-hybridized carbons (Fsp3) is 0.385. The van der Waals surface area contributed by atoms with Gasteiger partial charge in [-0.25, -0.2) is 0 Å². The SMILES string of the molecule is C[C@H]1C(=O)CC[C@]1(C(=O)O)c1ccccc1. The molecule has 0 amide bonds. The van der Waals surface area contributed by atoms with Gasteiger partial charge in [0.05, 0.1) is 0 Å². The lowest BCUT2D eigenvalue weighted by Crippen LogP contribution is -2.39. The van der Waals surface area contributed by atoms with Crippen molar-refractivity contribution >= 4 is 11.8 Å². The molecule has 0 spiro atoms. The van der Waals surface area contributed by atoms with Crippen molar-refractivity contribution in [2.24, 2.45) is 5.92 Å². The summed E-state index contributed by atoms with van der Waals surface area (Å²) in [6.07, 6.45) is 0.773. The number of aliphatic carboxylic acids is 1. The molecule has 2 atom stereocenters. The maximum atomic E-state index is 11.6. The van der Waals surface area contributed by atoms with Crippen LogP contribution in [0.2, 0.25) is 0 Å². The first-order valence-electron chi connectivity index (χ1n) is 5.40. The first-order valence-corrected chi connectivity index (χ1v) is 5.40. The Bertz CT molecular complexity index is 424. The third kappa shape index (κ3) is 1.35. The minimum atomic E-state index is -1.02. The van der Waals surface area contributed by atoms with E-state index in [-0.39, 0.29) is 5.78 Å². The second-order valence-electron chi connectivity index (χ2n) is 4.33. The lowest BCUT2D eigenvalue weighted by atomic mass is 9.73. The Morgan fingerprint density at radius 3 is 2.44 bits per heavy atom. The molecular weight excluding hydrogens is 204 g/mol. The van der Waals surface area contributed by atoms with E-state index in [1.807, 2.05) is 18.2 Å². The molecule has 1 saturated carbocycles. The predicted octanol–water partition coefficient (Wildman–Crippen LogP) is 2.01. The molecule has 3 nitrogen and oxygen atoms in total. The smallest absolute Gasteiger partial charge is 0.314 e. The summed E-state index contributed by atoms with van der Waals surface area (Å²) in [5, 5.41) is 9.45. The molecule has 0 bridgehead atoms. The van der Waals surface area contributed by atoms with Gasteiger partial charge in [0.15, 0.2) is 0 Å². The van der Waals surface area contributed by atoms with Crippen LogP contribution < -0.4 is 0 Å². The summed E-state index contributed by atoms with van der Waals surface area (Å²) in [5.74, 6) is -1.28. The van der Waals surface area contributed by atoms with Gasteiger partial charge >= 0.3 is 5.97 Å². The van der Waals surface area contributed by atoms with E-state index in [4.69, 9.17) is 0 Å². The highest BCUT2D eigenvalue weighted by atomic mass is 16.4. The summed E-state index contributed by atoms with van der Waals surface area (Å²) in [6, 6.07) is 9.07. The first kappa shape index (κ1) is 10.9. The molecule has 1 fully saturated rings. The lowest BCUT2D eigenvalue weighted by Gasteiger charge is -2.28. The number of hydrogen-bond donors (Lipinski definition) is 1. The van der Waals surface area contributed by atoms with Crippen LogP contribution in [-0.2, 0) is 15.0 Å². The van der Waals surface area contributed by atoms with E-state index in [2.05, 4.69) is 0 Å². The van der Waals surface area contributed by atoms with Crippen LogP contribution in [0.15, 0.2) is 30.3 Å². The summed E-state index contributed by atoms with van der Waals surface area (Å²) in [4.78, 5) is 23.1. The molecule has 0 aliphatic heterocycles. The van der Waals surface area contributed by atoms with Gasteiger partial charge in [-0.15, -0.1) is 0 Å². The van der Waals surface area contributed by atoms with Crippen molar-refractivity contribution in [1.82, 2.24) is 0 Å². The van der Waals surface area contributed by atoms with Crippen LogP contribution in [0.4, 0.5) is 0 Å². The number of ketones is 1. The van der Waals surface area contributed by atoms with Crippen molar-refractivity contribution in [1.29, 1.82) is 0 Å². The monoisotopic (exact) mass is 218 g/mol. The van der Waals surface area contributed by atoms with Crippen molar-refractivity contribution in [3.05, 3.63) is 35.9 Å². The topological polar surface area (TPSA) is 54.4 Å². The number of carbonyl (C=O) groups excluding carboxylic acids is 1. The summed E-state index contributed by atoms with van der Waals surface area (Å²) in [6.45, 7) is 1.72. The molecule has 2 rings (SSSR count). The fourth-order valence-electron chi connectivity index (χ4n) is 2.57. The average Bonchev–Trinajstić information content (AvgIpc) is 2.59. The molecule has 1 N–H and O–H groups in total. The third-order valence-corrected chi connectivity index (χ3v) is 3.66. The number of Topliss-reactive ketones (excluding diaryl/α,β-unsaturated/α-hetero) is 1. The van der Waals surface area contributed by atoms with E-state index in [9.17, 15) is 14.7 Å². The molecule has 3 heteroatoms. The normalized spacial score (nSPS) is 29.3. The van der Waals surface area contributed by atoms with E-state index in [0.717, 1.165) is 5.56 Å². The Labute approximate surface area is 94.1 Å². The third-order valence-electron chi connectivity index (χ3n) is 3.66. The van der Waals surface area contributed by atoms with Gasteiger partial charge in [0, 0.05) is 12.3 Å². The molecule has 0 unspecified atom stereocenters. The highest BCUT2D eigenvalue weighted by Crippen LogP contribution is 2.43. The van der Waals surface area contributed by atoms with Gasteiger partial charge in [-0.05, 0) is 12.0 Å². The van der Waals surface area contributed by atoms with E-state index < -0.39 is 17.3 Å². The van der Waals surface area contributed by atoms with Gasteiger partial charge in [0.2, 0.25) is 0 Å². The molecule has 0 saturated heterocycles. The van der Waals surface area contributed by atoms with E-state index in [0.29, 0.717) is 12.8 Å². The van der Waals surface area contributed by atoms with Crippen LogP contribution in [0.5, 0.6) is 0 Å². The largest absolute Gasteiger partial charge is 0.481 e. The van der Waals surface area contributed by atoms with Gasteiger partial charge in [-0.1, -0.05) is 37.3 Å². The second kappa shape index (κ2) is 3.74. The molecule has 1 aromatic rings. The minimum absolute atomic E-state index is 0.0475. The van der Waals surface area contributed by atoms with Gasteiger partial charge in [0.25, 0.3) is 0 Å².